The normalized spacial score (nSPS) is 11.0. The molecule has 0 unspecified atom stereocenters. The Labute approximate surface area is 116 Å². The van der Waals surface area contributed by atoms with Crippen LogP contribution in [0.5, 0.6) is 0 Å². The number of nitro benzene ring substituents is 1. The lowest BCUT2D eigenvalue weighted by Gasteiger charge is -2.06. The molecular weight excluding hydrogens is 262 g/mol. The van der Waals surface area contributed by atoms with Crippen LogP contribution in [0.4, 0.5) is 11.4 Å². The number of hydrogen-bond acceptors (Lipinski definition) is 6. The monoisotopic (exact) mass is 279 g/mol. The van der Waals surface area contributed by atoms with Gasteiger partial charge in [0.05, 0.1) is 17.2 Å². The summed E-state index contributed by atoms with van der Waals surface area (Å²) in [7, 11) is 0. The number of carbonyl (C=O) groups is 1. The highest BCUT2D eigenvalue weighted by molar-refractivity contribution is 6.36. The van der Waals surface area contributed by atoms with Gasteiger partial charge in [0.2, 0.25) is 5.78 Å². The van der Waals surface area contributed by atoms with Crippen molar-refractivity contribution in [1.82, 2.24) is 0 Å². The maximum atomic E-state index is 11.7. The van der Waals surface area contributed by atoms with Gasteiger partial charge in [-0.1, -0.05) is 6.92 Å². The molecule has 0 saturated carbocycles. The molecule has 7 heteroatoms. The number of anilines is 1. The van der Waals surface area contributed by atoms with Gasteiger partial charge >= 0.3 is 0 Å². The van der Waals surface area contributed by atoms with Gasteiger partial charge in [-0.15, -0.1) is 5.10 Å². The highest BCUT2D eigenvalue weighted by Gasteiger charge is 2.11. The van der Waals surface area contributed by atoms with Crippen LogP contribution >= 0.6 is 0 Å². The van der Waals surface area contributed by atoms with E-state index in [1.807, 2.05) is 6.92 Å². The standard InChI is InChI=1S/C13H17N3O4/c1-3-5-12(17)13(20-4-2)15-14-10-6-8-11(9-7-10)16(18)19/h6-9,14H,3-5H2,1-2H3. The fourth-order valence-electron chi connectivity index (χ4n) is 1.42. The second-order valence-electron chi connectivity index (χ2n) is 3.94. The molecule has 7 nitrogen and oxygen atoms in total. The van der Waals surface area contributed by atoms with Crippen LogP contribution in [0.2, 0.25) is 0 Å². The molecule has 0 bridgehead atoms. The number of ether oxygens (including phenoxy) is 1. The van der Waals surface area contributed by atoms with Crippen molar-refractivity contribution in [2.24, 2.45) is 5.10 Å². The first kappa shape index (κ1) is 15.6. The number of nitrogens with one attached hydrogen (secondary N) is 1. The third-order valence-corrected chi connectivity index (χ3v) is 2.36. The SMILES string of the molecule is CCCC(=O)C(=NNc1ccc([N+](=O)[O-])cc1)OCC. The van der Waals surface area contributed by atoms with E-state index in [9.17, 15) is 14.9 Å². The molecule has 0 atom stereocenters. The minimum Gasteiger partial charge on any atom is -0.474 e. The summed E-state index contributed by atoms with van der Waals surface area (Å²) in [5.41, 5.74) is 3.19. The van der Waals surface area contributed by atoms with Gasteiger partial charge in [0, 0.05) is 18.6 Å². The Balaban J connectivity index is 2.75. The van der Waals surface area contributed by atoms with E-state index in [0.29, 0.717) is 25.1 Å². The Morgan fingerprint density at radius 3 is 2.50 bits per heavy atom. The minimum atomic E-state index is -0.483. The number of hydrazone groups is 1. The van der Waals surface area contributed by atoms with Crippen LogP contribution in [0.15, 0.2) is 29.4 Å². The van der Waals surface area contributed by atoms with Gasteiger partial charge in [0.25, 0.3) is 11.6 Å². The van der Waals surface area contributed by atoms with Crippen LogP contribution in [0.25, 0.3) is 0 Å². The van der Waals surface area contributed by atoms with E-state index in [0.717, 1.165) is 0 Å². The fraction of sp³-hybridized carbons (Fsp3) is 0.385. The Kier molecular flexibility index (Phi) is 6.15. The predicted octanol–water partition coefficient (Wildman–Crippen LogP) is 2.73. The number of benzene rings is 1. The van der Waals surface area contributed by atoms with Crippen molar-refractivity contribution in [3.63, 3.8) is 0 Å². The fourth-order valence-corrected chi connectivity index (χ4v) is 1.42. The number of rotatable bonds is 7. The first-order valence-electron chi connectivity index (χ1n) is 6.32. The summed E-state index contributed by atoms with van der Waals surface area (Å²) < 4.78 is 5.17. The Morgan fingerprint density at radius 2 is 2.00 bits per heavy atom. The molecule has 0 amide bonds. The molecule has 0 fully saturated rings. The number of ketones is 1. The Morgan fingerprint density at radius 1 is 1.35 bits per heavy atom. The van der Waals surface area contributed by atoms with Crippen molar-refractivity contribution >= 4 is 23.1 Å². The van der Waals surface area contributed by atoms with E-state index in [1.165, 1.54) is 24.3 Å². The number of Topliss-reactive ketones (excluding diaryl/α,β-unsaturated/α-hetero) is 1. The summed E-state index contributed by atoms with van der Waals surface area (Å²) in [6.07, 6.45) is 1.07. The van der Waals surface area contributed by atoms with Crippen molar-refractivity contribution in [3.8, 4) is 0 Å². The molecule has 1 rings (SSSR count). The van der Waals surface area contributed by atoms with Crippen LogP contribution in [-0.2, 0) is 9.53 Å². The average molecular weight is 279 g/mol. The number of hydrogen-bond donors (Lipinski definition) is 1. The second kappa shape index (κ2) is 7.88. The van der Waals surface area contributed by atoms with E-state index in [1.54, 1.807) is 6.92 Å². The van der Waals surface area contributed by atoms with Crippen molar-refractivity contribution in [1.29, 1.82) is 0 Å². The molecule has 108 valence electrons. The van der Waals surface area contributed by atoms with Gasteiger partial charge in [-0.25, -0.2) is 0 Å². The lowest BCUT2D eigenvalue weighted by atomic mass is 10.2. The van der Waals surface area contributed by atoms with Crippen LogP contribution in [0.3, 0.4) is 0 Å². The molecular formula is C13H17N3O4. The largest absolute Gasteiger partial charge is 0.474 e. The lowest BCUT2D eigenvalue weighted by molar-refractivity contribution is -0.384. The predicted molar refractivity (Wildman–Crippen MR) is 75.7 cm³/mol. The van der Waals surface area contributed by atoms with Gasteiger partial charge in [0.15, 0.2) is 0 Å². The molecule has 1 aromatic rings. The zero-order chi connectivity index (χ0) is 15.0. The minimum absolute atomic E-state index is 0.00776. The quantitative estimate of drug-likeness (QED) is 0.358. The van der Waals surface area contributed by atoms with Crippen molar-refractivity contribution in [3.05, 3.63) is 34.4 Å². The summed E-state index contributed by atoms with van der Waals surface area (Å²) in [4.78, 5) is 21.7. The van der Waals surface area contributed by atoms with Gasteiger partial charge < -0.3 is 4.74 Å². The van der Waals surface area contributed by atoms with Gasteiger partial charge in [-0.05, 0) is 25.5 Å². The van der Waals surface area contributed by atoms with Gasteiger partial charge in [-0.2, -0.15) is 0 Å². The highest BCUT2D eigenvalue weighted by atomic mass is 16.6. The molecule has 0 spiro atoms. The molecule has 0 aromatic heterocycles. The summed E-state index contributed by atoms with van der Waals surface area (Å²) in [5.74, 6) is -0.156. The maximum absolute atomic E-state index is 11.7. The van der Waals surface area contributed by atoms with Crippen LogP contribution < -0.4 is 5.43 Å². The van der Waals surface area contributed by atoms with E-state index in [-0.39, 0.29) is 17.4 Å². The zero-order valence-electron chi connectivity index (χ0n) is 11.5. The Hall–Kier alpha value is -2.44. The zero-order valence-corrected chi connectivity index (χ0v) is 11.5. The van der Waals surface area contributed by atoms with Crippen molar-refractivity contribution < 1.29 is 14.5 Å². The lowest BCUT2D eigenvalue weighted by Crippen LogP contribution is -2.19. The number of non-ortho nitro benzene ring substituents is 1. The summed E-state index contributed by atoms with van der Waals surface area (Å²) in [6.45, 7) is 4.00. The van der Waals surface area contributed by atoms with E-state index in [4.69, 9.17) is 4.74 Å². The molecule has 1 N–H and O–H groups in total. The molecule has 0 radical (unpaired) electrons. The van der Waals surface area contributed by atoms with Crippen molar-refractivity contribution in [2.75, 3.05) is 12.0 Å². The molecule has 20 heavy (non-hydrogen) atoms. The third-order valence-electron chi connectivity index (χ3n) is 2.36. The average Bonchev–Trinajstić information content (AvgIpc) is 2.44. The molecule has 0 saturated heterocycles. The topological polar surface area (TPSA) is 93.8 Å². The molecule has 0 aliphatic rings. The van der Waals surface area contributed by atoms with Crippen LogP contribution in [0, 0.1) is 10.1 Å². The Bertz CT molecular complexity index is 497. The summed E-state index contributed by atoms with van der Waals surface area (Å²) in [5, 5.41) is 14.4. The van der Waals surface area contributed by atoms with Gasteiger partial charge in [-0.3, -0.25) is 20.3 Å². The second-order valence-corrected chi connectivity index (χ2v) is 3.94. The van der Waals surface area contributed by atoms with Crippen LogP contribution in [-0.4, -0.2) is 23.2 Å². The van der Waals surface area contributed by atoms with Gasteiger partial charge in [0.1, 0.15) is 0 Å². The van der Waals surface area contributed by atoms with Crippen LogP contribution in [0.1, 0.15) is 26.7 Å². The first-order chi connectivity index (χ1) is 9.58. The summed E-state index contributed by atoms with van der Waals surface area (Å²) in [6, 6.07) is 5.73. The smallest absolute Gasteiger partial charge is 0.275 e. The van der Waals surface area contributed by atoms with E-state index < -0.39 is 4.92 Å². The number of carbonyl (C=O) groups excluding carboxylic acids is 1. The van der Waals surface area contributed by atoms with E-state index >= 15 is 0 Å². The molecule has 1 aromatic carbocycles. The number of nitro groups is 1. The van der Waals surface area contributed by atoms with Crippen molar-refractivity contribution in [2.45, 2.75) is 26.7 Å². The number of nitrogens with zero attached hydrogens (tertiary/aromatic N) is 2. The maximum Gasteiger partial charge on any atom is 0.275 e. The third kappa shape index (κ3) is 4.68. The molecule has 0 aliphatic carbocycles. The van der Waals surface area contributed by atoms with E-state index in [2.05, 4.69) is 10.5 Å². The first-order valence-corrected chi connectivity index (χ1v) is 6.32. The molecule has 0 aliphatic heterocycles. The highest BCUT2D eigenvalue weighted by Crippen LogP contribution is 2.15. The molecule has 0 heterocycles. The summed E-state index contributed by atoms with van der Waals surface area (Å²) >= 11 is 0.